The molecule has 1 aromatic heterocycles. The molecule has 0 unspecified atom stereocenters. The SMILES string of the molecule is O=C(C[C@H]1CCOC1)NCc1nc(-c2ccc(F)cc2)no1. The Balaban J connectivity index is 1.53. The van der Waals surface area contributed by atoms with E-state index in [2.05, 4.69) is 15.5 Å². The zero-order chi connectivity index (χ0) is 15.4. The third-order valence-corrected chi connectivity index (χ3v) is 3.51. The third kappa shape index (κ3) is 3.67. The van der Waals surface area contributed by atoms with Crippen LogP contribution in [0.5, 0.6) is 0 Å². The van der Waals surface area contributed by atoms with E-state index in [-0.39, 0.29) is 24.2 Å². The van der Waals surface area contributed by atoms with Crippen LogP contribution in [0.1, 0.15) is 18.7 Å². The van der Waals surface area contributed by atoms with Crippen molar-refractivity contribution in [2.45, 2.75) is 19.4 Å². The molecular formula is C15H16FN3O3. The average molecular weight is 305 g/mol. The third-order valence-electron chi connectivity index (χ3n) is 3.51. The highest BCUT2D eigenvalue weighted by atomic mass is 19.1. The summed E-state index contributed by atoms with van der Waals surface area (Å²) in [6, 6.07) is 5.80. The molecular weight excluding hydrogens is 289 g/mol. The van der Waals surface area contributed by atoms with Gasteiger partial charge in [-0.3, -0.25) is 4.79 Å². The molecule has 6 nitrogen and oxygen atoms in total. The zero-order valence-corrected chi connectivity index (χ0v) is 11.9. The van der Waals surface area contributed by atoms with Gasteiger partial charge in [0, 0.05) is 25.2 Å². The Hall–Kier alpha value is -2.28. The summed E-state index contributed by atoms with van der Waals surface area (Å²) in [5.74, 6) is 0.592. The maximum atomic E-state index is 12.9. The molecule has 2 aromatic rings. The van der Waals surface area contributed by atoms with Crippen LogP contribution < -0.4 is 5.32 Å². The minimum atomic E-state index is -0.323. The lowest BCUT2D eigenvalue weighted by Crippen LogP contribution is -2.25. The second kappa shape index (κ2) is 6.65. The predicted molar refractivity (Wildman–Crippen MR) is 75.1 cm³/mol. The fourth-order valence-electron chi connectivity index (χ4n) is 2.30. The number of carbonyl (C=O) groups is 1. The van der Waals surface area contributed by atoms with Crippen LogP contribution in [-0.4, -0.2) is 29.3 Å². The average Bonchev–Trinajstić information content (AvgIpc) is 3.17. The van der Waals surface area contributed by atoms with E-state index in [9.17, 15) is 9.18 Å². The Morgan fingerprint density at radius 1 is 1.36 bits per heavy atom. The standard InChI is InChI=1S/C15H16FN3O3/c16-12-3-1-11(2-4-12)15-18-14(22-19-15)8-17-13(20)7-10-5-6-21-9-10/h1-4,10H,5-9H2,(H,17,20)/t10-/m1/s1. The van der Waals surface area contributed by atoms with E-state index in [0.717, 1.165) is 13.0 Å². The first-order chi connectivity index (χ1) is 10.7. The monoisotopic (exact) mass is 305 g/mol. The highest BCUT2D eigenvalue weighted by molar-refractivity contribution is 5.76. The number of nitrogens with one attached hydrogen (secondary N) is 1. The molecule has 1 fully saturated rings. The molecule has 7 heteroatoms. The van der Waals surface area contributed by atoms with E-state index in [1.165, 1.54) is 12.1 Å². The summed E-state index contributed by atoms with van der Waals surface area (Å²) < 4.78 is 23.2. The molecule has 1 aliphatic heterocycles. The predicted octanol–water partition coefficient (Wildman–Crippen LogP) is 1.92. The van der Waals surface area contributed by atoms with Crippen molar-refractivity contribution in [2.75, 3.05) is 13.2 Å². The van der Waals surface area contributed by atoms with Crippen molar-refractivity contribution in [3.63, 3.8) is 0 Å². The molecule has 1 saturated heterocycles. The van der Waals surface area contributed by atoms with Crippen molar-refractivity contribution in [1.29, 1.82) is 0 Å². The summed E-state index contributed by atoms with van der Waals surface area (Å²) in [6.45, 7) is 1.55. The van der Waals surface area contributed by atoms with Crippen LogP contribution in [0.15, 0.2) is 28.8 Å². The molecule has 0 spiro atoms. The van der Waals surface area contributed by atoms with E-state index in [0.29, 0.717) is 30.3 Å². The minimum absolute atomic E-state index is 0.0583. The Kier molecular flexibility index (Phi) is 4.43. The zero-order valence-electron chi connectivity index (χ0n) is 11.9. The maximum Gasteiger partial charge on any atom is 0.246 e. The highest BCUT2D eigenvalue weighted by Crippen LogP contribution is 2.17. The van der Waals surface area contributed by atoms with Gasteiger partial charge in [0.05, 0.1) is 6.54 Å². The van der Waals surface area contributed by atoms with Gasteiger partial charge in [-0.1, -0.05) is 5.16 Å². The first kappa shape index (κ1) is 14.6. The highest BCUT2D eigenvalue weighted by Gasteiger charge is 2.19. The van der Waals surface area contributed by atoms with E-state index < -0.39 is 0 Å². The minimum Gasteiger partial charge on any atom is -0.381 e. The van der Waals surface area contributed by atoms with Crippen molar-refractivity contribution in [3.8, 4) is 11.4 Å². The Morgan fingerprint density at radius 2 is 2.18 bits per heavy atom. The van der Waals surface area contributed by atoms with Crippen LogP contribution in [0.25, 0.3) is 11.4 Å². The summed E-state index contributed by atoms with van der Waals surface area (Å²) in [5, 5.41) is 6.57. The molecule has 1 atom stereocenters. The number of rotatable bonds is 5. The van der Waals surface area contributed by atoms with Gasteiger partial charge < -0.3 is 14.6 Å². The van der Waals surface area contributed by atoms with Gasteiger partial charge >= 0.3 is 0 Å². The molecule has 0 bridgehead atoms. The van der Waals surface area contributed by atoms with Crippen LogP contribution in [0.4, 0.5) is 4.39 Å². The van der Waals surface area contributed by atoms with Gasteiger partial charge in [0.1, 0.15) is 5.82 Å². The van der Waals surface area contributed by atoms with Crippen molar-refractivity contribution < 1.29 is 18.4 Å². The van der Waals surface area contributed by atoms with Gasteiger partial charge in [0.25, 0.3) is 0 Å². The molecule has 2 heterocycles. The number of halogens is 1. The molecule has 1 aromatic carbocycles. The largest absolute Gasteiger partial charge is 0.381 e. The number of benzene rings is 1. The molecule has 1 amide bonds. The maximum absolute atomic E-state index is 12.9. The summed E-state index contributed by atoms with van der Waals surface area (Å²) in [7, 11) is 0. The van der Waals surface area contributed by atoms with Crippen LogP contribution in [-0.2, 0) is 16.1 Å². The molecule has 3 rings (SSSR count). The second-order valence-corrected chi connectivity index (χ2v) is 5.23. The molecule has 0 aliphatic carbocycles. The van der Waals surface area contributed by atoms with Gasteiger partial charge in [0.2, 0.25) is 17.6 Å². The number of hydrogen-bond acceptors (Lipinski definition) is 5. The number of hydrogen-bond donors (Lipinski definition) is 1. The van der Waals surface area contributed by atoms with E-state index in [4.69, 9.17) is 9.26 Å². The summed E-state index contributed by atoms with van der Waals surface area (Å²) in [4.78, 5) is 16.0. The lowest BCUT2D eigenvalue weighted by Gasteiger charge is -2.06. The fourth-order valence-corrected chi connectivity index (χ4v) is 2.30. The summed E-state index contributed by atoms with van der Waals surface area (Å²) >= 11 is 0. The van der Waals surface area contributed by atoms with E-state index in [1.807, 2.05) is 0 Å². The topological polar surface area (TPSA) is 77.2 Å². The number of aromatic nitrogens is 2. The quantitative estimate of drug-likeness (QED) is 0.913. The summed E-state index contributed by atoms with van der Waals surface area (Å²) in [6.07, 6.45) is 1.36. The van der Waals surface area contributed by atoms with Crippen LogP contribution >= 0.6 is 0 Å². The molecule has 0 radical (unpaired) electrons. The van der Waals surface area contributed by atoms with Crippen molar-refractivity contribution in [2.24, 2.45) is 5.92 Å². The van der Waals surface area contributed by atoms with Gasteiger partial charge in [-0.05, 0) is 36.6 Å². The molecule has 1 aliphatic rings. The first-order valence-corrected chi connectivity index (χ1v) is 7.13. The van der Waals surface area contributed by atoms with Gasteiger partial charge in [-0.2, -0.15) is 4.98 Å². The first-order valence-electron chi connectivity index (χ1n) is 7.13. The van der Waals surface area contributed by atoms with Gasteiger partial charge in [0.15, 0.2) is 0 Å². The number of nitrogens with zero attached hydrogens (tertiary/aromatic N) is 2. The Bertz CT molecular complexity index is 636. The lowest BCUT2D eigenvalue weighted by atomic mass is 10.1. The number of carbonyl (C=O) groups excluding carboxylic acids is 1. The van der Waals surface area contributed by atoms with Gasteiger partial charge in [-0.25, -0.2) is 4.39 Å². The van der Waals surface area contributed by atoms with Crippen LogP contribution in [0, 0.1) is 11.7 Å². The van der Waals surface area contributed by atoms with E-state index >= 15 is 0 Å². The van der Waals surface area contributed by atoms with Crippen molar-refractivity contribution in [3.05, 3.63) is 36.0 Å². The normalized spacial score (nSPS) is 17.6. The second-order valence-electron chi connectivity index (χ2n) is 5.23. The molecule has 22 heavy (non-hydrogen) atoms. The summed E-state index contributed by atoms with van der Waals surface area (Å²) in [5.41, 5.74) is 0.658. The number of ether oxygens (including phenoxy) is 1. The molecule has 1 N–H and O–H groups in total. The van der Waals surface area contributed by atoms with Crippen molar-refractivity contribution >= 4 is 5.91 Å². The number of amides is 1. The van der Waals surface area contributed by atoms with Crippen LogP contribution in [0.3, 0.4) is 0 Å². The lowest BCUT2D eigenvalue weighted by molar-refractivity contribution is -0.122. The van der Waals surface area contributed by atoms with Crippen LogP contribution in [0.2, 0.25) is 0 Å². The molecule has 116 valence electrons. The Morgan fingerprint density at radius 3 is 2.91 bits per heavy atom. The van der Waals surface area contributed by atoms with E-state index in [1.54, 1.807) is 12.1 Å². The smallest absolute Gasteiger partial charge is 0.246 e. The fraction of sp³-hybridized carbons (Fsp3) is 0.400. The Labute approximate surface area is 126 Å². The molecule has 0 saturated carbocycles. The van der Waals surface area contributed by atoms with Crippen molar-refractivity contribution in [1.82, 2.24) is 15.5 Å². The van der Waals surface area contributed by atoms with Gasteiger partial charge in [-0.15, -0.1) is 0 Å².